The van der Waals surface area contributed by atoms with Gasteiger partial charge in [0.1, 0.15) is 5.66 Å². The summed E-state index contributed by atoms with van der Waals surface area (Å²) in [6.45, 7) is 4.21. The monoisotopic (exact) mass is 285 g/mol. The van der Waals surface area contributed by atoms with Crippen LogP contribution in [-0.2, 0) is 0 Å². The van der Waals surface area contributed by atoms with Gasteiger partial charge in [-0.15, -0.1) is 0 Å². The van der Waals surface area contributed by atoms with Crippen molar-refractivity contribution < 1.29 is 0 Å². The van der Waals surface area contributed by atoms with Crippen molar-refractivity contribution in [2.75, 3.05) is 4.90 Å². The average Bonchev–Trinajstić information content (AvgIpc) is 2.42. The van der Waals surface area contributed by atoms with Gasteiger partial charge >= 0.3 is 0 Å². The van der Waals surface area contributed by atoms with Gasteiger partial charge in [-0.05, 0) is 50.7 Å². The number of nitrogens with two attached hydrogens (primary N) is 2. The maximum atomic E-state index is 6.26. The fourth-order valence-corrected chi connectivity index (χ4v) is 3.60. The predicted octanol–water partition coefficient (Wildman–Crippen LogP) is 2.41. The van der Waals surface area contributed by atoms with Gasteiger partial charge in [0.25, 0.3) is 0 Å². The van der Waals surface area contributed by atoms with Crippen LogP contribution in [0.4, 0.5) is 5.69 Å². The third kappa shape index (κ3) is 2.26. The highest BCUT2D eigenvalue weighted by molar-refractivity contribution is 6.06. The molecule has 1 aliphatic heterocycles. The van der Waals surface area contributed by atoms with Gasteiger partial charge in [0, 0.05) is 0 Å². The first-order valence-electron chi connectivity index (χ1n) is 7.59. The van der Waals surface area contributed by atoms with Gasteiger partial charge in [-0.3, -0.25) is 4.90 Å². The fourth-order valence-electron chi connectivity index (χ4n) is 3.60. The number of benzene rings is 1. The minimum Gasteiger partial charge on any atom is -0.369 e. The Kier molecular flexibility index (Phi) is 3.35. The second-order valence-electron chi connectivity index (χ2n) is 6.06. The Hall–Kier alpha value is -2.04. The lowest BCUT2D eigenvalue weighted by Crippen LogP contribution is -2.58. The summed E-state index contributed by atoms with van der Waals surface area (Å²) in [5, 5.41) is 0. The second-order valence-corrected chi connectivity index (χ2v) is 6.06. The van der Waals surface area contributed by atoms with Crippen LogP contribution in [0, 0.1) is 13.8 Å². The van der Waals surface area contributed by atoms with Gasteiger partial charge in [0.05, 0.1) is 5.69 Å². The minimum atomic E-state index is -0.356. The van der Waals surface area contributed by atoms with Crippen LogP contribution in [0.5, 0.6) is 0 Å². The summed E-state index contributed by atoms with van der Waals surface area (Å²) in [5.41, 5.74) is 15.3. The predicted molar refractivity (Wildman–Crippen MR) is 87.5 cm³/mol. The molecule has 0 radical (unpaired) electrons. The number of para-hydroxylation sites is 1. The molecule has 1 heterocycles. The molecular weight excluding hydrogens is 262 g/mol. The zero-order valence-corrected chi connectivity index (χ0v) is 12.8. The van der Waals surface area contributed by atoms with Crippen molar-refractivity contribution in [1.29, 1.82) is 0 Å². The summed E-state index contributed by atoms with van der Waals surface area (Å²) in [7, 11) is 0. The number of aliphatic imine (C=N–C) groups is 2. The third-order valence-electron chi connectivity index (χ3n) is 4.51. The molecule has 0 aromatic heterocycles. The molecule has 0 bridgehead atoms. The van der Waals surface area contributed by atoms with E-state index >= 15 is 0 Å². The molecule has 0 amide bonds. The van der Waals surface area contributed by atoms with Gasteiger partial charge in [0.15, 0.2) is 0 Å². The van der Waals surface area contributed by atoms with Crippen LogP contribution in [0.15, 0.2) is 28.2 Å². The van der Waals surface area contributed by atoms with E-state index in [1.807, 2.05) is 0 Å². The van der Waals surface area contributed by atoms with Crippen molar-refractivity contribution in [2.45, 2.75) is 51.6 Å². The number of rotatable bonds is 1. The number of anilines is 1. The molecule has 1 aromatic rings. The summed E-state index contributed by atoms with van der Waals surface area (Å²) in [5.74, 6) is 0.763. The quantitative estimate of drug-likeness (QED) is 0.831. The highest BCUT2D eigenvalue weighted by atomic mass is 15.4. The number of hydrogen-bond acceptors (Lipinski definition) is 5. The van der Waals surface area contributed by atoms with Crippen LogP contribution < -0.4 is 16.4 Å². The summed E-state index contributed by atoms with van der Waals surface area (Å²) in [6.07, 6.45) is 5.47. The van der Waals surface area contributed by atoms with Crippen molar-refractivity contribution in [1.82, 2.24) is 0 Å². The molecule has 0 atom stereocenters. The van der Waals surface area contributed by atoms with Crippen LogP contribution in [0.25, 0.3) is 0 Å². The molecule has 0 unspecified atom stereocenters. The Balaban J connectivity index is 2.16. The van der Waals surface area contributed by atoms with Crippen LogP contribution in [-0.4, -0.2) is 17.6 Å². The standard InChI is InChI=1S/C16H23N5/c1-11-7-6-8-12(2)13(11)21-15(18)19-14(17)20-16(21)9-4-3-5-10-16/h6-8H,3-5,9-10H2,1-2H3,(H4,17,18,19,20). The zero-order valence-electron chi connectivity index (χ0n) is 12.8. The molecule has 2 aliphatic rings. The average molecular weight is 285 g/mol. The number of aryl methyl sites for hydroxylation is 2. The summed E-state index contributed by atoms with van der Waals surface area (Å²) in [4.78, 5) is 11.1. The lowest BCUT2D eigenvalue weighted by Gasteiger charge is -2.46. The number of guanidine groups is 2. The van der Waals surface area contributed by atoms with Crippen molar-refractivity contribution in [2.24, 2.45) is 21.5 Å². The van der Waals surface area contributed by atoms with Crippen LogP contribution in [0.1, 0.15) is 43.2 Å². The first-order valence-corrected chi connectivity index (χ1v) is 7.59. The first kappa shape index (κ1) is 13.9. The Bertz CT molecular complexity index is 591. The normalized spacial score (nSPS) is 21.1. The van der Waals surface area contributed by atoms with E-state index in [0.717, 1.165) is 31.4 Å². The number of hydrogen-bond donors (Lipinski definition) is 2. The second kappa shape index (κ2) is 5.06. The molecule has 0 saturated heterocycles. The Morgan fingerprint density at radius 1 is 1.05 bits per heavy atom. The first-order chi connectivity index (χ1) is 10.0. The smallest absolute Gasteiger partial charge is 0.220 e. The van der Waals surface area contributed by atoms with E-state index in [1.165, 1.54) is 17.5 Å². The Morgan fingerprint density at radius 2 is 1.67 bits per heavy atom. The van der Waals surface area contributed by atoms with E-state index in [2.05, 4.69) is 41.9 Å². The van der Waals surface area contributed by atoms with Crippen LogP contribution in [0.3, 0.4) is 0 Å². The van der Waals surface area contributed by atoms with E-state index in [-0.39, 0.29) is 5.66 Å². The fraction of sp³-hybridized carbons (Fsp3) is 0.500. The molecule has 21 heavy (non-hydrogen) atoms. The summed E-state index contributed by atoms with van der Waals surface area (Å²) < 4.78 is 0. The summed E-state index contributed by atoms with van der Waals surface area (Å²) in [6, 6.07) is 6.28. The molecule has 5 nitrogen and oxygen atoms in total. The molecule has 5 heteroatoms. The van der Waals surface area contributed by atoms with Gasteiger partial charge in [-0.1, -0.05) is 24.6 Å². The molecule has 1 aromatic carbocycles. The van der Waals surface area contributed by atoms with Crippen molar-refractivity contribution in [3.63, 3.8) is 0 Å². The molecule has 1 fully saturated rings. The Morgan fingerprint density at radius 3 is 2.29 bits per heavy atom. The van der Waals surface area contributed by atoms with Crippen molar-refractivity contribution in [3.05, 3.63) is 29.3 Å². The molecule has 1 spiro atoms. The Labute approximate surface area is 125 Å². The largest absolute Gasteiger partial charge is 0.369 e. The van der Waals surface area contributed by atoms with Crippen molar-refractivity contribution >= 4 is 17.6 Å². The lowest BCUT2D eigenvalue weighted by atomic mass is 9.86. The molecule has 3 rings (SSSR count). The molecule has 4 N–H and O–H groups in total. The number of nitrogens with zero attached hydrogens (tertiary/aromatic N) is 3. The van der Waals surface area contributed by atoms with Gasteiger partial charge in [-0.25, -0.2) is 4.99 Å². The molecule has 1 aliphatic carbocycles. The minimum absolute atomic E-state index is 0.303. The highest BCUT2D eigenvalue weighted by Gasteiger charge is 2.43. The topological polar surface area (TPSA) is 80.0 Å². The lowest BCUT2D eigenvalue weighted by molar-refractivity contribution is 0.305. The maximum absolute atomic E-state index is 6.26. The van der Waals surface area contributed by atoms with E-state index in [1.54, 1.807) is 0 Å². The van der Waals surface area contributed by atoms with Gasteiger partial charge in [-0.2, -0.15) is 4.99 Å². The molecule has 1 saturated carbocycles. The van der Waals surface area contributed by atoms with Crippen LogP contribution in [0.2, 0.25) is 0 Å². The summed E-state index contributed by atoms with van der Waals surface area (Å²) >= 11 is 0. The SMILES string of the molecule is Cc1cccc(C)c1N1C(N)=NC(N)=NC12CCCCC2. The van der Waals surface area contributed by atoms with E-state index in [4.69, 9.17) is 16.5 Å². The van der Waals surface area contributed by atoms with Gasteiger partial charge in [0.2, 0.25) is 11.9 Å². The van der Waals surface area contributed by atoms with E-state index in [9.17, 15) is 0 Å². The third-order valence-corrected chi connectivity index (χ3v) is 4.51. The van der Waals surface area contributed by atoms with E-state index < -0.39 is 0 Å². The van der Waals surface area contributed by atoms with E-state index in [0.29, 0.717) is 11.9 Å². The maximum Gasteiger partial charge on any atom is 0.220 e. The molecule has 112 valence electrons. The zero-order chi connectivity index (χ0) is 15.0. The molecular formula is C16H23N5. The van der Waals surface area contributed by atoms with Gasteiger partial charge < -0.3 is 11.5 Å². The van der Waals surface area contributed by atoms with Crippen molar-refractivity contribution in [3.8, 4) is 0 Å². The highest BCUT2D eigenvalue weighted by Crippen LogP contribution is 2.41. The van der Waals surface area contributed by atoms with Crippen LogP contribution >= 0.6 is 0 Å².